The van der Waals surface area contributed by atoms with Crippen molar-refractivity contribution >= 4 is 16.7 Å². The highest BCUT2D eigenvalue weighted by Gasteiger charge is 2.32. The summed E-state index contributed by atoms with van der Waals surface area (Å²) in [5.74, 6) is 0.513. The predicted molar refractivity (Wildman–Crippen MR) is 86.9 cm³/mol. The van der Waals surface area contributed by atoms with Gasteiger partial charge in [0.15, 0.2) is 5.82 Å². The molecule has 4 rings (SSSR count). The minimum atomic E-state index is -0.849. The van der Waals surface area contributed by atoms with Gasteiger partial charge in [0.2, 0.25) is 0 Å². The SMILES string of the molecule is O=c1[nH]c2cc([N+](=O)[O-])c3c(c2[nH]c1=O)CC(OCCc1nn[nH]n1)C3. The molecule has 1 aliphatic carbocycles. The Morgan fingerprint density at radius 1 is 1.23 bits per heavy atom. The fraction of sp³-hybridized carbons (Fsp3) is 0.357. The van der Waals surface area contributed by atoms with Gasteiger partial charge >= 0.3 is 11.1 Å². The van der Waals surface area contributed by atoms with Crippen molar-refractivity contribution in [2.45, 2.75) is 25.4 Å². The lowest BCUT2D eigenvalue weighted by molar-refractivity contribution is -0.385. The normalized spacial score (nSPS) is 16.1. The van der Waals surface area contributed by atoms with Crippen LogP contribution in [0.2, 0.25) is 0 Å². The van der Waals surface area contributed by atoms with Gasteiger partial charge in [-0.15, -0.1) is 10.2 Å². The molecule has 12 nitrogen and oxygen atoms in total. The number of hydrogen-bond acceptors (Lipinski definition) is 8. The molecule has 0 saturated heterocycles. The van der Waals surface area contributed by atoms with Crippen LogP contribution in [0.3, 0.4) is 0 Å². The largest absolute Gasteiger partial charge is 0.377 e. The Labute approximate surface area is 143 Å². The molecule has 0 fully saturated rings. The Morgan fingerprint density at radius 2 is 2.00 bits per heavy atom. The first-order valence-electron chi connectivity index (χ1n) is 7.82. The van der Waals surface area contributed by atoms with Crippen molar-refractivity contribution in [2.24, 2.45) is 0 Å². The summed E-state index contributed by atoms with van der Waals surface area (Å²) >= 11 is 0. The molecule has 3 N–H and O–H groups in total. The van der Waals surface area contributed by atoms with Crippen molar-refractivity contribution in [3.63, 3.8) is 0 Å². The van der Waals surface area contributed by atoms with E-state index in [0.29, 0.717) is 48.3 Å². The van der Waals surface area contributed by atoms with Gasteiger partial charge in [-0.1, -0.05) is 5.21 Å². The molecule has 1 aliphatic rings. The predicted octanol–water partition coefficient (Wildman–Crippen LogP) is -0.636. The molecule has 0 bridgehead atoms. The number of hydrogen-bond donors (Lipinski definition) is 3. The zero-order valence-corrected chi connectivity index (χ0v) is 13.3. The van der Waals surface area contributed by atoms with Crippen molar-refractivity contribution in [3.8, 4) is 0 Å². The van der Waals surface area contributed by atoms with Crippen LogP contribution in [-0.4, -0.2) is 48.2 Å². The van der Waals surface area contributed by atoms with Crippen molar-refractivity contribution in [1.29, 1.82) is 0 Å². The quantitative estimate of drug-likeness (QED) is 0.306. The number of nitro benzene ring substituents is 1. The Kier molecular flexibility index (Phi) is 3.80. The van der Waals surface area contributed by atoms with Gasteiger partial charge in [0.1, 0.15) is 0 Å². The molecule has 26 heavy (non-hydrogen) atoms. The molecule has 0 aliphatic heterocycles. The van der Waals surface area contributed by atoms with Gasteiger partial charge in [-0.25, -0.2) is 0 Å². The maximum Gasteiger partial charge on any atom is 0.314 e. The van der Waals surface area contributed by atoms with Crippen LogP contribution in [0, 0.1) is 10.1 Å². The second-order valence-electron chi connectivity index (χ2n) is 5.92. The van der Waals surface area contributed by atoms with E-state index in [0.717, 1.165) is 0 Å². The van der Waals surface area contributed by atoms with Gasteiger partial charge in [0.05, 0.1) is 28.7 Å². The molecule has 1 aromatic carbocycles. The number of benzene rings is 1. The molecule has 134 valence electrons. The molecule has 0 spiro atoms. The zero-order chi connectivity index (χ0) is 18.3. The first-order chi connectivity index (χ1) is 12.5. The summed E-state index contributed by atoms with van der Waals surface area (Å²) in [4.78, 5) is 39.0. The van der Waals surface area contributed by atoms with Crippen molar-refractivity contribution in [3.05, 3.63) is 53.8 Å². The standard InChI is InChI=1S/C14H13N7O5/c22-13-14(23)16-12-8-4-6(26-2-1-11-17-19-20-18-11)3-7(8)10(21(24)25)5-9(12)15-13/h5-6H,1-4H2,(H,15,22)(H,16,23)(H,17,18,19,20). The number of rotatable bonds is 5. The second-order valence-corrected chi connectivity index (χ2v) is 5.92. The Morgan fingerprint density at radius 3 is 2.73 bits per heavy atom. The number of aromatic amines is 3. The van der Waals surface area contributed by atoms with E-state index in [1.807, 2.05) is 0 Å². The van der Waals surface area contributed by atoms with Crippen molar-refractivity contribution in [2.75, 3.05) is 6.61 Å². The van der Waals surface area contributed by atoms with Crippen LogP contribution >= 0.6 is 0 Å². The molecule has 0 radical (unpaired) electrons. The minimum Gasteiger partial charge on any atom is -0.377 e. The van der Waals surface area contributed by atoms with Gasteiger partial charge in [0.25, 0.3) is 5.69 Å². The average Bonchev–Trinajstić information content (AvgIpc) is 3.25. The summed E-state index contributed by atoms with van der Waals surface area (Å²) in [6, 6.07) is 1.27. The summed E-state index contributed by atoms with van der Waals surface area (Å²) in [5.41, 5.74) is 0.0148. The van der Waals surface area contributed by atoms with Gasteiger partial charge in [-0.3, -0.25) is 19.7 Å². The third-order valence-corrected chi connectivity index (χ3v) is 4.35. The van der Waals surface area contributed by atoms with Gasteiger partial charge in [-0.05, 0) is 5.56 Å². The number of H-pyrrole nitrogens is 3. The van der Waals surface area contributed by atoms with Gasteiger partial charge in [-0.2, -0.15) is 5.21 Å². The van der Waals surface area contributed by atoms with Crippen LogP contribution in [0.4, 0.5) is 5.69 Å². The highest BCUT2D eigenvalue weighted by atomic mass is 16.6. The maximum absolute atomic E-state index is 11.6. The zero-order valence-electron chi connectivity index (χ0n) is 13.3. The maximum atomic E-state index is 11.6. The molecule has 0 amide bonds. The van der Waals surface area contributed by atoms with Crippen LogP contribution in [0.1, 0.15) is 17.0 Å². The van der Waals surface area contributed by atoms with Gasteiger partial charge in [0, 0.05) is 30.9 Å². The van der Waals surface area contributed by atoms with E-state index in [4.69, 9.17) is 4.74 Å². The number of fused-ring (bicyclic) bond motifs is 3. The Bertz CT molecular complexity index is 1100. The summed E-state index contributed by atoms with van der Waals surface area (Å²) in [6.07, 6.45) is 0.907. The first-order valence-corrected chi connectivity index (χ1v) is 7.82. The van der Waals surface area contributed by atoms with Crippen molar-refractivity contribution in [1.82, 2.24) is 30.6 Å². The average molecular weight is 359 g/mol. The number of ether oxygens (including phenoxy) is 1. The fourth-order valence-corrected chi connectivity index (χ4v) is 3.22. The monoisotopic (exact) mass is 359 g/mol. The van der Waals surface area contributed by atoms with E-state index in [-0.39, 0.29) is 17.3 Å². The van der Waals surface area contributed by atoms with Crippen molar-refractivity contribution < 1.29 is 9.66 Å². The minimum absolute atomic E-state index is 0.0977. The van der Waals surface area contributed by atoms with Crippen LogP contribution in [0.15, 0.2) is 15.7 Å². The van der Waals surface area contributed by atoms with E-state index in [1.54, 1.807) is 0 Å². The van der Waals surface area contributed by atoms with E-state index in [9.17, 15) is 19.7 Å². The Hall–Kier alpha value is -3.41. The third kappa shape index (κ3) is 2.75. The molecule has 1 unspecified atom stereocenters. The highest BCUT2D eigenvalue weighted by Crippen LogP contribution is 2.36. The number of nitrogens with one attached hydrogen (secondary N) is 3. The van der Waals surface area contributed by atoms with E-state index in [1.165, 1.54) is 6.07 Å². The fourth-order valence-electron chi connectivity index (χ4n) is 3.22. The molecular weight excluding hydrogens is 346 g/mol. The van der Waals surface area contributed by atoms with Crippen LogP contribution in [0.25, 0.3) is 11.0 Å². The summed E-state index contributed by atoms with van der Waals surface area (Å²) < 4.78 is 5.79. The molecule has 0 saturated carbocycles. The molecular formula is C14H13N7O5. The highest BCUT2D eigenvalue weighted by molar-refractivity contribution is 5.83. The van der Waals surface area contributed by atoms with Crippen LogP contribution in [-0.2, 0) is 24.0 Å². The smallest absolute Gasteiger partial charge is 0.314 e. The molecule has 1 atom stereocenters. The van der Waals surface area contributed by atoms with E-state index < -0.39 is 16.0 Å². The molecule has 3 aromatic rings. The van der Waals surface area contributed by atoms with E-state index in [2.05, 4.69) is 30.6 Å². The Balaban J connectivity index is 1.65. The number of aromatic nitrogens is 6. The number of tetrazole rings is 1. The summed E-state index contributed by atoms with van der Waals surface area (Å²) in [6.45, 7) is 0.331. The van der Waals surface area contributed by atoms with Gasteiger partial charge < -0.3 is 14.7 Å². The molecule has 12 heteroatoms. The topological polar surface area (TPSA) is 173 Å². The lowest BCUT2D eigenvalue weighted by Crippen LogP contribution is -2.29. The van der Waals surface area contributed by atoms with Crippen LogP contribution < -0.4 is 11.1 Å². The first kappa shape index (κ1) is 16.1. The lowest BCUT2D eigenvalue weighted by Gasteiger charge is -2.09. The lowest BCUT2D eigenvalue weighted by atomic mass is 10.1. The van der Waals surface area contributed by atoms with E-state index >= 15 is 0 Å². The summed E-state index contributed by atoms with van der Waals surface area (Å²) in [7, 11) is 0. The second kappa shape index (κ2) is 6.15. The summed E-state index contributed by atoms with van der Waals surface area (Å²) in [5, 5.41) is 24.9. The molecule has 2 aromatic heterocycles. The number of nitrogens with zero attached hydrogens (tertiary/aromatic N) is 4. The van der Waals surface area contributed by atoms with Crippen LogP contribution in [0.5, 0.6) is 0 Å². The number of nitro groups is 1. The molecule has 2 heterocycles. The third-order valence-electron chi connectivity index (χ3n) is 4.35.